The number of carbonyl (C=O) groups is 1. The van der Waals surface area contributed by atoms with E-state index >= 15 is 0 Å². The minimum atomic E-state index is -4.36. The first-order valence-electron chi connectivity index (χ1n) is 6.72. The van der Waals surface area contributed by atoms with Gasteiger partial charge in [0.25, 0.3) is 0 Å². The summed E-state index contributed by atoms with van der Waals surface area (Å²) in [6.07, 6.45) is -2.96. The number of piperidine rings is 1. The van der Waals surface area contributed by atoms with Crippen molar-refractivity contribution in [3.63, 3.8) is 0 Å². The van der Waals surface area contributed by atoms with Crippen LogP contribution in [0.1, 0.15) is 26.2 Å². The molecule has 2 amide bonds. The molecule has 1 spiro atoms. The van der Waals surface area contributed by atoms with E-state index in [1.807, 2.05) is 0 Å². The third-order valence-corrected chi connectivity index (χ3v) is 4.24. The number of nitrogens with zero attached hydrogens (tertiary/aromatic N) is 1. The summed E-state index contributed by atoms with van der Waals surface area (Å²) in [5.74, 6) is 0. The van der Waals surface area contributed by atoms with Crippen molar-refractivity contribution in [2.75, 3.05) is 26.2 Å². The molecule has 2 aliphatic heterocycles. The first kappa shape index (κ1) is 17.4. The standard InChI is InChI=1S/C12H20F3N3O.ClH/c1-2-17-10(19)18-8-5-11(3-6-16-7-4-11)9(18)12(13,14)15;/h9,16H,2-8H2,1H3,(H,17,19);1H. The second-order valence-electron chi connectivity index (χ2n) is 5.34. The van der Waals surface area contributed by atoms with Crippen molar-refractivity contribution in [2.24, 2.45) is 5.41 Å². The monoisotopic (exact) mass is 315 g/mol. The van der Waals surface area contributed by atoms with Crippen LogP contribution in [-0.2, 0) is 0 Å². The van der Waals surface area contributed by atoms with Gasteiger partial charge in [-0.3, -0.25) is 0 Å². The molecule has 2 N–H and O–H groups in total. The van der Waals surface area contributed by atoms with Crippen molar-refractivity contribution >= 4 is 18.4 Å². The van der Waals surface area contributed by atoms with Crippen molar-refractivity contribution in [1.82, 2.24) is 15.5 Å². The Kier molecular flexibility index (Phi) is 5.54. The van der Waals surface area contributed by atoms with E-state index < -0.39 is 23.7 Å². The fraction of sp³-hybridized carbons (Fsp3) is 0.917. The SMILES string of the molecule is CCNC(=O)N1CCC2(CCNCC2)C1C(F)(F)F.Cl. The quantitative estimate of drug-likeness (QED) is 0.779. The zero-order valence-corrected chi connectivity index (χ0v) is 12.2. The van der Waals surface area contributed by atoms with E-state index in [4.69, 9.17) is 0 Å². The first-order chi connectivity index (χ1) is 8.91. The molecule has 0 bridgehead atoms. The van der Waals surface area contributed by atoms with Crippen molar-refractivity contribution in [2.45, 2.75) is 38.4 Å². The van der Waals surface area contributed by atoms with Crippen LogP contribution in [0.5, 0.6) is 0 Å². The summed E-state index contributed by atoms with van der Waals surface area (Å²) in [5.41, 5.74) is -0.797. The molecule has 2 saturated heterocycles. The van der Waals surface area contributed by atoms with Gasteiger partial charge in [0, 0.05) is 18.5 Å². The molecule has 0 aromatic heterocycles. The molecule has 0 aromatic carbocycles. The van der Waals surface area contributed by atoms with Gasteiger partial charge in [-0.05, 0) is 39.3 Å². The highest BCUT2D eigenvalue weighted by atomic mass is 35.5. The van der Waals surface area contributed by atoms with Crippen LogP contribution in [-0.4, -0.2) is 49.3 Å². The van der Waals surface area contributed by atoms with Gasteiger partial charge < -0.3 is 15.5 Å². The van der Waals surface area contributed by atoms with Crippen molar-refractivity contribution in [1.29, 1.82) is 0 Å². The Bertz CT molecular complexity index is 345. The van der Waals surface area contributed by atoms with Crippen molar-refractivity contribution in [3.8, 4) is 0 Å². The van der Waals surface area contributed by atoms with Crippen LogP contribution in [0.3, 0.4) is 0 Å². The third-order valence-electron chi connectivity index (χ3n) is 4.24. The van der Waals surface area contributed by atoms with E-state index in [9.17, 15) is 18.0 Å². The Labute approximate surface area is 122 Å². The van der Waals surface area contributed by atoms with E-state index in [1.165, 1.54) is 0 Å². The number of likely N-dealkylation sites (tertiary alicyclic amines) is 1. The lowest BCUT2D eigenvalue weighted by Crippen LogP contribution is -2.56. The summed E-state index contributed by atoms with van der Waals surface area (Å²) in [6, 6.07) is -2.24. The number of amides is 2. The normalized spacial score (nSPS) is 25.4. The molecule has 8 heteroatoms. The summed E-state index contributed by atoms with van der Waals surface area (Å²) in [5, 5.41) is 5.57. The molecule has 0 aliphatic carbocycles. The summed E-state index contributed by atoms with van der Waals surface area (Å²) in [4.78, 5) is 12.8. The molecule has 0 radical (unpaired) electrons. The van der Waals surface area contributed by atoms with Crippen molar-refractivity contribution < 1.29 is 18.0 Å². The van der Waals surface area contributed by atoms with Crippen LogP contribution < -0.4 is 10.6 Å². The molecular formula is C12H21ClF3N3O. The maximum Gasteiger partial charge on any atom is 0.409 e. The average Bonchev–Trinajstić information content (AvgIpc) is 2.69. The van der Waals surface area contributed by atoms with Crippen LogP contribution >= 0.6 is 12.4 Å². The molecule has 2 rings (SSSR count). The molecule has 2 fully saturated rings. The van der Waals surface area contributed by atoms with Gasteiger partial charge in [0.05, 0.1) is 0 Å². The number of hydrogen-bond donors (Lipinski definition) is 2. The molecule has 0 aromatic rings. The van der Waals surface area contributed by atoms with Gasteiger partial charge in [-0.25, -0.2) is 4.79 Å². The van der Waals surface area contributed by atoms with E-state index in [-0.39, 0.29) is 19.0 Å². The largest absolute Gasteiger partial charge is 0.409 e. The highest BCUT2D eigenvalue weighted by Crippen LogP contribution is 2.50. The molecule has 2 aliphatic rings. The number of carbonyl (C=O) groups excluding carboxylic acids is 1. The van der Waals surface area contributed by atoms with Crippen LogP contribution in [0.15, 0.2) is 0 Å². The fourth-order valence-electron chi connectivity index (χ4n) is 3.38. The molecule has 118 valence electrons. The second-order valence-corrected chi connectivity index (χ2v) is 5.34. The number of urea groups is 1. The zero-order chi connectivity index (χ0) is 14.1. The molecular weight excluding hydrogens is 295 g/mol. The Hall–Kier alpha value is -0.690. The predicted octanol–water partition coefficient (Wildman–Crippen LogP) is 2.14. The van der Waals surface area contributed by atoms with E-state index in [0.29, 0.717) is 38.9 Å². The number of halogens is 4. The third kappa shape index (κ3) is 3.14. The minimum Gasteiger partial charge on any atom is -0.338 e. The average molecular weight is 316 g/mol. The highest BCUT2D eigenvalue weighted by molar-refractivity contribution is 5.85. The topological polar surface area (TPSA) is 44.4 Å². The summed E-state index contributed by atoms with van der Waals surface area (Å²) in [6.45, 7) is 3.42. The Balaban J connectivity index is 0.00000200. The van der Waals surface area contributed by atoms with E-state index in [1.54, 1.807) is 6.92 Å². The summed E-state index contributed by atoms with van der Waals surface area (Å²) in [7, 11) is 0. The van der Waals surface area contributed by atoms with Gasteiger partial charge in [-0.2, -0.15) is 13.2 Å². The van der Waals surface area contributed by atoms with Crippen LogP contribution in [0, 0.1) is 5.41 Å². The zero-order valence-electron chi connectivity index (χ0n) is 11.4. The molecule has 1 atom stereocenters. The molecule has 20 heavy (non-hydrogen) atoms. The van der Waals surface area contributed by atoms with Gasteiger partial charge in [-0.15, -0.1) is 12.4 Å². The van der Waals surface area contributed by atoms with Crippen LogP contribution in [0.2, 0.25) is 0 Å². The van der Waals surface area contributed by atoms with Crippen LogP contribution in [0.4, 0.5) is 18.0 Å². The maximum atomic E-state index is 13.4. The van der Waals surface area contributed by atoms with Gasteiger partial charge >= 0.3 is 12.2 Å². The highest BCUT2D eigenvalue weighted by Gasteiger charge is 2.60. The number of hydrogen-bond acceptors (Lipinski definition) is 2. The lowest BCUT2D eigenvalue weighted by atomic mass is 9.72. The summed E-state index contributed by atoms with van der Waals surface area (Å²) < 4.78 is 40.2. The van der Waals surface area contributed by atoms with Gasteiger partial charge in [0.2, 0.25) is 0 Å². The summed E-state index contributed by atoms with van der Waals surface area (Å²) >= 11 is 0. The Morgan fingerprint density at radius 2 is 1.95 bits per heavy atom. The van der Waals surface area contributed by atoms with Gasteiger partial charge in [-0.1, -0.05) is 0 Å². The molecule has 1 unspecified atom stereocenters. The second kappa shape index (κ2) is 6.39. The molecule has 2 heterocycles. The maximum absolute atomic E-state index is 13.4. The minimum absolute atomic E-state index is 0. The van der Waals surface area contributed by atoms with Crippen molar-refractivity contribution in [3.05, 3.63) is 0 Å². The number of rotatable bonds is 1. The molecule has 4 nitrogen and oxygen atoms in total. The van der Waals surface area contributed by atoms with Crippen LogP contribution in [0.25, 0.3) is 0 Å². The van der Waals surface area contributed by atoms with E-state index in [0.717, 1.165) is 4.90 Å². The van der Waals surface area contributed by atoms with Gasteiger partial charge in [0.1, 0.15) is 6.04 Å². The first-order valence-corrected chi connectivity index (χ1v) is 6.72. The van der Waals surface area contributed by atoms with Gasteiger partial charge in [0.15, 0.2) is 0 Å². The Morgan fingerprint density at radius 3 is 2.45 bits per heavy atom. The lowest BCUT2D eigenvalue weighted by molar-refractivity contribution is -0.196. The number of nitrogens with one attached hydrogen (secondary N) is 2. The lowest BCUT2D eigenvalue weighted by Gasteiger charge is -2.41. The number of alkyl halides is 3. The smallest absolute Gasteiger partial charge is 0.338 e. The fourth-order valence-corrected chi connectivity index (χ4v) is 3.38. The predicted molar refractivity (Wildman–Crippen MR) is 72.0 cm³/mol. The molecule has 0 saturated carbocycles. The van der Waals surface area contributed by atoms with E-state index in [2.05, 4.69) is 10.6 Å². The Morgan fingerprint density at radius 1 is 1.35 bits per heavy atom.